The molecule has 2 aromatic heterocycles. The van der Waals surface area contributed by atoms with E-state index in [1.165, 1.54) is 30.3 Å². The topological polar surface area (TPSA) is 69.0 Å². The molecule has 0 saturated heterocycles. The molecule has 28 heavy (non-hydrogen) atoms. The molecule has 1 aromatic carbocycles. The van der Waals surface area contributed by atoms with E-state index in [1.54, 1.807) is 36.1 Å². The number of ether oxygens (including phenoxy) is 1. The molecule has 6 nitrogen and oxygen atoms in total. The van der Waals surface area contributed by atoms with E-state index in [2.05, 4.69) is 15.4 Å². The summed E-state index contributed by atoms with van der Waals surface area (Å²) in [5.74, 6) is 0.220. The molecular formula is C20H18ClFN4O2. The van der Waals surface area contributed by atoms with Crippen LogP contribution in [0.2, 0.25) is 5.15 Å². The normalized spacial score (nSPS) is 11.0. The summed E-state index contributed by atoms with van der Waals surface area (Å²) in [5.41, 5.74) is 2.26. The van der Waals surface area contributed by atoms with E-state index in [0.29, 0.717) is 28.9 Å². The summed E-state index contributed by atoms with van der Waals surface area (Å²) in [6, 6.07) is 9.12. The van der Waals surface area contributed by atoms with Crippen LogP contribution < -0.4 is 10.1 Å². The van der Waals surface area contributed by atoms with Crippen molar-refractivity contribution in [1.82, 2.24) is 20.1 Å². The predicted octanol–water partition coefficient (Wildman–Crippen LogP) is 4.04. The number of aromatic nitrogens is 3. The van der Waals surface area contributed by atoms with Crippen molar-refractivity contribution in [2.24, 2.45) is 7.05 Å². The molecule has 0 spiro atoms. The van der Waals surface area contributed by atoms with Gasteiger partial charge in [-0.15, -0.1) is 0 Å². The summed E-state index contributed by atoms with van der Waals surface area (Å²) in [6.07, 6.45) is 4.62. The van der Waals surface area contributed by atoms with Gasteiger partial charge in [0.15, 0.2) is 0 Å². The number of rotatable bonds is 6. The van der Waals surface area contributed by atoms with Gasteiger partial charge in [0.1, 0.15) is 16.7 Å². The number of hydrogen-bond donors (Lipinski definition) is 1. The molecule has 1 N–H and O–H groups in total. The fourth-order valence-corrected chi connectivity index (χ4v) is 2.72. The van der Waals surface area contributed by atoms with Gasteiger partial charge in [-0.25, -0.2) is 9.37 Å². The predicted molar refractivity (Wildman–Crippen MR) is 105 cm³/mol. The highest BCUT2D eigenvalue weighted by atomic mass is 35.5. The van der Waals surface area contributed by atoms with Gasteiger partial charge in [-0.3, -0.25) is 9.48 Å². The first-order chi connectivity index (χ1) is 13.4. The van der Waals surface area contributed by atoms with Gasteiger partial charge in [0, 0.05) is 37.5 Å². The zero-order valence-electron chi connectivity index (χ0n) is 15.3. The van der Waals surface area contributed by atoms with E-state index < -0.39 is 0 Å². The van der Waals surface area contributed by atoms with Crippen LogP contribution in [0.15, 0.2) is 48.7 Å². The third-order valence-electron chi connectivity index (χ3n) is 3.90. The molecule has 0 atom stereocenters. The zero-order chi connectivity index (χ0) is 20.1. The first-order valence-corrected chi connectivity index (χ1v) is 8.83. The largest absolute Gasteiger partial charge is 0.439 e. The van der Waals surface area contributed by atoms with Crippen LogP contribution in [0.5, 0.6) is 11.6 Å². The molecule has 144 valence electrons. The van der Waals surface area contributed by atoms with E-state index in [-0.39, 0.29) is 11.7 Å². The second-order valence-electron chi connectivity index (χ2n) is 6.02. The molecule has 0 aliphatic rings. The molecule has 0 aliphatic heterocycles. The van der Waals surface area contributed by atoms with Gasteiger partial charge in [0.05, 0.1) is 5.69 Å². The maximum absolute atomic E-state index is 13.0. The number of carbonyl (C=O) groups excluding carboxylic acids is 1. The van der Waals surface area contributed by atoms with Gasteiger partial charge in [-0.2, -0.15) is 5.10 Å². The smallest absolute Gasteiger partial charge is 0.244 e. The maximum atomic E-state index is 13.0. The second-order valence-corrected chi connectivity index (χ2v) is 6.38. The number of hydrogen-bond acceptors (Lipinski definition) is 4. The molecule has 8 heteroatoms. The highest BCUT2D eigenvalue weighted by molar-refractivity contribution is 6.31. The molecule has 0 saturated carbocycles. The number of benzene rings is 1. The van der Waals surface area contributed by atoms with Crippen LogP contribution >= 0.6 is 11.6 Å². The monoisotopic (exact) mass is 400 g/mol. The van der Waals surface area contributed by atoms with Crippen LogP contribution in [-0.4, -0.2) is 20.7 Å². The van der Waals surface area contributed by atoms with Crippen molar-refractivity contribution in [3.05, 3.63) is 76.5 Å². The molecule has 0 fully saturated rings. The molecule has 2 heterocycles. The first kappa shape index (κ1) is 19.6. The minimum Gasteiger partial charge on any atom is -0.439 e. The Labute approximate surface area is 166 Å². The standard InChI is InChI=1S/C20H18ClFN4O2/c1-13-17(20(21)26(2)25-13)7-8-18(27)24-12-14-9-10-23-19(11-14)28-16-5-3-15(22)4-6-16/h3-11H,12H2,1-2H3,(H,24,27)/b8-7+. The van der Waals surface area contributed by atoms with Crippen LogP contribution in [-0.2, 0) is 18.4 Å². The minimum absolute atomic E-state index is 0.267. The highest BCUT2D eigenvalue weighted by Crippen LogP contribution is 2.21. The Bertz CT molecular complexity index is 1020. The Kier molecular flexibility index (Phi) is 6.06. The fourth-order valence-electron chi connectivity index (χ4n) is 2.48. The molecule has 0 aliphatic carbocycles. The summed E-state index contributed by atoms with van der Waals surface area (Å²) in [4.78, 5) is 16.2. The number of carbonyl (C=O) groups is 1. The van der Waals surface area contributed by atoms with E-state index in [0.717, 1.165) is 11.3 Å². The van der Waals surface area contributed by atoms with Gasteiger partial charge in [-0.05, 0) is 48.9 Å². The third-order valence-corrected chi connectivity index (χ3v) is 4.35. The Hall–Kier alpha value is -3.19. The van der Waals surface area contributed by atoms with E-state index >= 15 is 0 Å². The SMILES string of the molecule is Cc1nn(C)c(Cl)c1/C=C/C(=O)NCc1ccnc(Oc2ccc(F)cc2)c1. The lowest BCUT2D eigenvalue weighted by Gasteiger charge is -2.07. The summed E-state index contributed by atoms with van der Waals surface area (Å²) in [5, 5.41) is 7.45. The van der Waals surface area contributed by atoms with E-state index in [1.807, 2.05) is 6.92 Å². The minimum atomic E-state index is -0.340. The lowest BCUT2D eigenvalue weighted by atomic mass is 10.2. The number of pyridine rings is 1. The molecule has 3 rings (SSSR count). The van der Waals surface area contributed by atoms with Gasteiger partial charge < -0.3 is 10.1 Å². The molecule has 0 unspecified atom stereocenters. The fraction of sp³-hybridized carbons (Fsp3) is 0.150. The van der Waals surface area contributed by atoms with Gasteiger partial charge in [0.2, 0.25) is 11.8 Å². The summed E-state index contributed by atoms with van der Waals surface area (Å²) in [6.45, 7) is 2.12. The van der Waals surface area contributed by atoms with Crippen molar-refractivity contribution in [1.29, 1.82) is 0 Å². The Morgan fingerprint density at radius 2 is 2.07 bits per heavy atom. The number of nitrogens with one attached hydrogen (secondary N) is 1. The highest BCUT2D eigenvalue weighted by Gasteiger charge is 2.08. The van der Waals surface area contributed by atoms with Crippen molar-refractivity contribution in [3.8, 4) is 11.6 Å². The van der Waals surface area contributed by atoms with Crippen molar-refractivity contribution in [2.45, 2.75) is 13.5 Å². The van der Waals surface area contributed by atoms with Gasteiger partial charge in [-0.1, -0.05) is 11.6 Å². The summed E-state index contributed by atoms with van der Waals surface area (Å²) >= 11 is 6.14. The van der Waals surface area contributed by atoms with Gasteiger partial charge in [0.25, 0.3) is 0 Å². The van der Waals surface area contributed by atoms with Crippen molar-refractivity contribution in [3.63, 3.8) is 0 Å². The average molecular weight is 401 g/mol. The second kappa shape index (κ2) is 8.67. The Morgan fingerprint density at radius 3 is 2.75 bits per heavy atom. The van der Waals surface area contributed by atoms with Crippen LogP contribution in [0.4, 0.5) is 4.39 Å². The number of aryl methyl sites for hydroxylation is 2. The van der Waals surface area contributed by atoms with E-state index in [4.69, 9.17) is 16.3 Å². The number of nitrogens with zero attached hydrogens (tertiary/aromatic N) is 3. The lowest BCUT2D eigenvalue weighted by molar-refractivity contribution is -0.116. The molecule has 3 aromatic rings. The molecule has 0 bridgehead atoms. The number of amides is 1. The lowest BCUT2D eigenvalue weighted by Crippen LogP contribution is -2.20. The van der Waals surface area contributed by atoms with Crippen LogP contribution in [0, 0.1) is 12.7 Å². The van der Waals surface area contributed by atoms with Crippen molar-refractivity contribution >= 4 is 23.6 Å². The van der Waals surface area contributed by atoms with Crippen molar-refractivity contribution in [2.75, 3.05) is 0 Å². The zero-order valence-corrected chi connectivity index (χ0v) is 16.1. The summed E-state index contributed by atoms with van der Waals surface area (Å²) < 4.78 is 20.1. The average Bonchev–Trinajstić information content (AvgIpc) is 2.92. The van der Waals surface area contributed by atoms with Crippen LogP contribution in [0.1, 0.15) is 16.8 Å². The Morgan fingerprint density at radius 1 is 1.32 bits per heavy atom. The molecule has 1 amide bonds. The van der Waals surface area contributed by atoms with Crippen LogP contribution in [0.25, 0.3) is 6.08 Å². The van der Waals surface area contributed by atoms with Crippen molar-refractivity contribution < 1.29 is 13.9 Å². The summed E-state index contributed by atoms with van der Waals surface area (Å²) in [7, 11) is 1.74. The Balaban J connectivity index is 1.59. The third kappa shape index (κ3) is 4.95. The van der Waals surface area contributed by atoms with Crippen LogP contribution in [0.3, 0.4) is 0 Å². The molecular weight excluding hydrogens is 383 g/mol. The molecule has 0 radical (unpaired) electrons. The quantitative estimate of drug-likeness (QED) is 0.634. The van der Waals surface area contributed by atoms with Gasteiger partial charge >= 0.3 is 0 Å². The maximum Gasteiger partial charge on any atom is 0.244 e. The number of halogens is 2. The first-order valence-electron chi connectivity index (χ1n) is 8.46. The van der Waals surface area contributed by atoms with E-state index in [9.17, 15) is 9.18 Å².